The molecule has 0 aromatic rings. The van der Waals surface area contributed by atoms with Crippen molar-refractivity contribution < 1.29 is 14.6 Å². The predicted molar refractivity (Wildman–Crippen MR) is 61.2 cm³/mol. The summed E-state index contributed by atoms with van der Waals surface area (Å²) in [7, 11) is 0. The van der Waals surface area contributed by atoms with Crippen molar-refractivity contribution in [1.82, 2.24) is 0 Å². The molecule has 92 valence electrons. The topological polar surface area (TPSA) is 46.5 Å². The Hall–Kier alpha value is -0.570. The maximum atomic E-state index is 11.0. The highest BCUT2D eigenvalue weighted by Gasteiger charge is 2.37. The van der Waals surface area contributed by atoms with Gasteiger partial charge in [-0.2, -0.15) is 0 Å². The molecule has 0 bridgehead atoms. The SMILES string of the molecule is CCOC1CCC2CC(C(=O)O)CCC2C1. The first-order valence-electron chi connectivity index (χ1n) is 6.55. The third-order valence-corrected chi connectivity index (χ3v) is 4.32. The molecule has 0 aliphatic heterocycles. The minimum atomic E-state index is -0.592. The van der Waals surface area contributed by atoms with Gasteiger partial charge in [0, 0.05) is 6.61 Å². The maximum Gasteiger partial charge on any atom is 0.306 e. The van der Waals surface area contributed by atoms with E-state index in [0.29, 0.717) is 12.0 Å². The van der Waals surface area contributed by atoms with Crippen molar-refractivity contribution >= 4 is 5.97 Å². The van der Waals surface area contributed by atoms with Crippen LogP contribution in [0.25, 0.3) is 0 Å². The number of carboxylic acids is 1. The van der Waals surface area contributed by atoms with Crippen LogP contribution in [-0.2, 0) is 9.53 Å². The quantitative estimate of drug-likeness (QED) is 0.804. The van der Waals surface area contributed by atoms with Gasteiger partial charge in [-0.15, -0.1) is 0 Å². The van der Waals surface area contributed by atoms with Crippen LogP contribution in [0.5, 0.6) is 0 Å². The molecule has 3 nitrogen and oxygen atoms in total. The average Bonchev–Trinajstić information content (AvgIpc) is 2.28. The van der Waals surface area contributed by atoms with Crippen LogP contribution in [0, 0.1) is 17.8 Å². The summed E-state index contributed by atoms with van der Waals surface area (Å²) in [6.07, 6.45) is 6.75. The zero-order chi connectivity index (χ0) is 11.5. The summed E-state index contributed by atoms with van der Waals surface area (Å²) in [5, 5.41) is 9.04. The van der Waals surface area contributed by atoms with Crippen LogP contribution in [-0.4, -0.2) is 23.8 Å². The number of aliphatic carboxylic acids is 1. The largest absolute Gasteiger partial charge is 0.481 e. The highest BCUT2D eigenvalue weighted by Crippen LogP contribution is 2.43. The number of hydrogen-bond donors (Lipinski definition) is 1. The molecule has 2 saturated carbocycles. The van der Waals surface area contributed by atoms with E-state index in [2.05, 4.69) is 0 Å². The van der Waals surface area contributed by atoms with Gasteiger partial charge in [-0.3, -0.25) is 4.79 Å². The molecule has 2 aliphatic rings. The molecular formula is C13H22O3. The molecule has 0 amide bonds. The molecule has 4 unspecified atom stereocenters. The van der Waals surface area contributed by atoms with E-state index < -0.39 is 5.97 Å². The monoisotopic (exact) mass is 226 g/mol. The Morgan fingerprint density at radius 1 is 1.19 bits per heavy atom. The number of hydrogen-bond acceptors (Lipinski definition) is 2. The molecule has 0 heterocycles. The number of carboxylic acid groups (broad SMARTS) is 1. The standard InChI is InChI=1S/C13H22O3/c1-2-16-12-6-5-9-7-11(13(14)15)4-3-10(9)8-12/h9-12H,2-8H2,1H3,(H,14,15). The zero-order valence-corrected chi connectivity index (χ0v) is 10.0. The second-order valence-corrected chi connectivity index (χ2v) is 5.26. The lowest BCUT2D eigenvalue weighted by molar-refractivity contribution is -0.144. The number of carbonyl (C=O) groups is 1. The third kappa shape index (κ3) is 2.57. The Kier molecular flexibility index (Phi) is 3.85. The summed E-state index contributed by atoms with van der Waals surface area (Å²) in [4.78, 5) is 11.0. The molecule has 0 spiro atoms. The molecular weight excluding hydrogens is 204 g/mol. The highest BCUT2D eigenvalue weighted by atomic mass is 16.5. The Balaban J connectivity index is 1.87. The summed E-state index contributed by atoms with van der Waals surface area (Å²) in [5.41, 5.74) is 0. The van der Waals surface area contributed by atoms with E-state index in [9.17, 15) is 4.79 Å². The van der Waals surface area contributed by atoms with Gasteiger partial charge in [0.15, 0.2) is 0 Å². The van der Waals surface area contributed by atoms with Gasteiger partial charge in [0.25, 0.3) is 0 Å². The number of fused-ring (bicyclic) bond motifs is 1. The molecule has 4 atom stereocenters. The van der Waals surface area contributed by atoms with Gasteiger partial charge in [-0.1, -0.05) is 0 Å². The summed E-state index contributed by atoms with van der Waals surface area (Å²) >= 11 is 0. The van der Waals surface area contributed by atoms with Crippen molar-refractivity contribution in [3.05, 3.63) is 0 Å². The van der Waals surface area contributed by atoms with Crippen molar-refractivity contribution in [2.24, 2.45) is 17.8 Å². The van der Waals surface area contributed by atoms with Crippen molar-refractivity contribution in [2.45, 2.75) is 51.6 Å². The first-order valence-corrected chi connectivity index (χ1v) is 6.55. The van der Waals surface area contributed by atoms with Crippen LogP contribution >= 0.6 is 0 Å². The molecule has 0 saturated heterocycles. The van der Waals surface area contributed by atoms with Crippen LogP contribution in [0.4, 0.5) is 0 Å². The normalized spacial score (nSPS) is 39.1. The highest BCUT2D eigenvalue weighted by molar-refractivity contribution is 5.70. The molecule has 2 aliphatic carbocycles. The Morgan fingerprint density at radius 2 is 1.88 bits per heavy atom. The minimum Gasteiger partial charge on any atom is -0.481 e. The van der Waals surface area contributed by atoms with E-state index in [1.54, 1.807) is 0 Å². The lowest BCUT2D eigenvalue weighted by atomic mass is 9.67. The van der Waals surface area contributed by atoms with E-state index in [1.165, 1.54) is 6.42 Å². The lowest BCUT2D eigenvalue weighted by Gasteiger charge is -2.40. The molecule has 3 heteroatoms. The molecule has 1 N–H and O–H groups in total. The van der Waals surface area contributed by atoms with Gasteiger partial charge in [0.1, 0.15) is 0 Å². The van der Waals surface area contributed by atoms with Crippen LogP contribution in [0.1, 0.15) is 45.4 Å². The molecule has 2 fully saturated rings. The fourth-order valence-corrected chi connectivity index (χ4v) is 3.46. The van der Waals surface area contributed by atoms with Gasteiger partial charge < -0.3 is 9.84 Å². The molecule has 2 rings (SSSR count). The van der Waals surface area contributed by atoms with E-state index in [0.717, 1.165) is 44.6 Å². The lowest BCUT2D eigenvalue weighted by Crippen LogP contribution is -2.36. The van der Waals surface area contributed by atoms with Gasteiger partial charge in [0.2, 0.25) is 0 Å². The smallest absolute Gasteiger partial charge is 0.306 e. The van der Waals surface area contributed by atoms with Crippen molar-refractivity contribution in [1.29, 1.82) is 0 Å². The summed E-state index contributed by atoms with van der Waals surface area (Å²) in [6.45, 7) is 2.85. The van der Waals surface area contributed by atoms with Gasteiger partial charge in [0.05, 0.1) is 12.0 Å². The molecule has 0 aromatic heterocycles. The van der Waals surface area contributed by atoms with Crippen LogP contribution in [0.3, 0.4) is 0 Å². The second kappa shape index (κ2) is 5.17. The van der Waals surface area contributed by atoms with Crippen LogP contribution in [0.15, 0.2) is 0 Å². The van der Waals surface area contributed by atoms with Crippen molar-refractivity contribution in [3.63, 3.8) is 0 Å². The van der Waals surface area contributed by atoms with Crippen LogP contribution in [0.2, 0.25) is 0 Å². The van der Waals surface area contributed by atoms with E-state index in [4.69, 9.17) is 9.84 Å². The van der Waals surface area contributed by atoms with Gasteiger partial charge in [-0.05, 0) is 57.3 Å². The average molecular weight is 226 g/mol. The Bertz CT molecular complexity index is 252. The molecule has 0 aromatic carbocycles. The van der Waals surface area contributed by atoms with Crippen molar-refractivity contribution in [2.75, 3.05) is 6.61 Å². The zero-order valence-electron chi connectivity index (χ0n) is 10.0. The Labute approximate surface area is 97.2 Å². The first-order chi connectivity index (χ1) is 7.70. The molecule has 0 radical (unpaired) electrons. The van der Waals surface area contributed by atoms with Gasteiger partial charge >= 0.3 is 5.97 Å². The first kappa shape index (κ1) is 11.9. The third-order valence-electron chi connectivity index (χ3n) is 4.32. The van der Waals surface area contributed by atoms with Gasteiger partial charge in [-0.25, -0.2) is 0 Å². The van der Waals surface area contributed by atoms with Crippen molar-refractivity contribution in [3.8, 4) is 0 Å². The van der Waals surface area contributed by atoms with E-state index in [-0.39, 0.29) is 5.92 Å². The summed E-state index contributed by atoms with van der Waals surface area (Å²) in [5.74, 6) is 0.697. The minimum absolute atomic E-state index is 0.0788. The number of rotatable bonds is 3. The second-order valence-electron chi connectivity index (χ2n) is 5.26. The maximum absolute atomic E-state index is 11.0. The number of ether oxygens (including phenoxy) is 1. The Morgan fingerprint density at radius 3 is 2.56 bits per heavy atom. The van der Waals surface area contributed by atoms with E-state index >= 15 is 0 Å². The fourth-order valence-electron chi connectivity index (χ4n) is 3.46. The van der Waals surface area contributed by atoms with Crippen LogP contribution < -0.4 is 0 Å². The summed E-state index contributed by atoms with van der Waals surface area (Å²) < 4.78 is 5.69. The predicted octanol–water partition coefficient (Wildman–Crippen LogP) is 2.69. The molecule has 16 heavy (non-hydrogen) atoms. The van der Waals surface area contributed by atoms with E-state index in [1.807, 2.05) is 6.92 Å². The summed E-state index contributed by atoms with van der Waals surface area (Å²) in [6, 6.07) is 0. The fraction of sp³-hybridized carbons (Fsp3) is 0.923.